The highest BCUT2D eigenvalue weighted by Crippen LogP contribution is 2.23. The number of nitrogens with zero attached hydrogens (tertiary/aromatic N) is 3. The van der Waals surface area contributed by atoms with Crippen LogP contribution in [0.3, 0.4) is 0 Å². The third kappa shape index (κ3) is 4.97. The van der Waals surface area contributed by atoms with Gasteiger partial charge in [0, 0.05) is 40.5 Å². The Bertz CT molecular complexity index is 1330. The number of fused-ring (bicyclic) bond motifs is 1. The van der Waals surface area contributed by atoms with Crippen LogP contribution in [-0.4, -0.2) is 27.6 Å². The number of methoxy groups -OCH3 is 1. The van der Waals surface area contributed by atoms with Crippen LogP contribution in [0, 0.1) is 6.92 Å². The molecule has 7 nitrogen and oxygen atoms in total. The number of pyridine rings is 1. The Labute approximate surface area is 189 Å². The number of anilines is 1. The Balaban J connectivity index is 1.57. The molecule has 0 aliphatic heterocycles. The van der Waals surface area contributed by atoms with E-state index < -0.39 is 0 Å². The Hall–Kier alpha value is -3.65. The van der Waals surface area contributed by atoms with Crippen molar-refractivity contribution in [1.29, 1.82) is 0 Å². The lowest BCUT2D eigenvalue weighted by molar-refractivity contribution is -0.116. The van der Waals surface area contributed by atoms with E-state index in [0.717, 1.165) is 22.2 Å². The van der Waals surface area contributed by atoms with Gasteiger partial charge in [-0.1, -0.05) is 48.2 Å². The summed E-state index contributed by atoms with van der Waals surface area (Å²) in [5, 5.41) is 5.61. The van der Waals surface area contributed by atoms with E-state index in [-0.39, 0.29) is 23.6 Å². The summed E-state index contributed by atoms with van der Waals surface area (Å²) in [6.45, 7) is 1.93. The second kappa shape index (κ2) is 9.65. The maximum atomic E-state index is 12.9. The first-order valence-electron chi connectivity index (χ1n) is 10.0. The number of hydrogen-bond donors (Lipinski definition) is 1. The normalized spacial score (nSPS) is 10.8. The third-order valence-corrected chi connectivity index (χ3v) is 5.80. The van der Waals surface area contributed by atoms with Gasteiger partial charge in [0.2, 0.25) is 11.3 Å². The van der Waals surface area contributed by atoms with Crippen molar-refractivity contribution < 1.29 is 9.53 Å². The molecule has 2 aromatic heterocycles. The van der Waals surface area contributed by atoms with Crippen LogP contribution in [0.25, 0.3) is 10.8 Å². The van der Waals surface area contributed by atoms with Crippen molar-refractivity contribution in [3.05, 3.63) is 88.6 Å². The predicted molar refractivity (Wildman–Crippen MR) is 126 cm³/mol. The molecule has 162 valence electrons. The van der Waals surface area contributed by atoms with Crippen molar-refractivity contribution in [3.8, 4) is 5.75 Å². The number of aryl methyl sites for hydroxylation is 1. The second-order valence-electron chi connectivity index (χ2n) is 7.17. The summed E-state index contributed by atoms with van der Waals surface area (Å²) in [6.07, 6.45) is 3.27. The van der Waals surface area contributed by atoms with Crippen molar-refractivity contribution in [2.75, 3.05) is 12.4 Å². The molecular weight excluding hydrogens is 424 g/mol. The molecule has 0 fully saturated rings. The zero-order chi connectivity index (χ0) is 22.5. The molecule has 0 saturated carbocycles. The molecule has 4 aromatic rings. The molecule has 0 spiro atoms. The first kappa shape index (κ1) is 21.6. The summed E-state index contributed by atoms with van der Waals surface area (Å²) >= 11 is 1.40. The van der Waals surface area contributed by atoms with E-state index in [9.17, 15) is 9.59 Å². The topological polar surface area (TPSA) is 86.1 Å². The fourth-order valence-corrected chi connectivity index (χ4v) is 4.20. The average Bonchev–Trinajstić information content (AvgIpc) is 2.79. The van der Waals surface area contributed by atoms with Gasteiger partial charge in [-0.05, 0) is 24.4 Å². The number of hydrogen-bond acceptors (Lipinski definition) is 6. The van der Waals surface area contributed by atoms with Crippen molar-refractivity contribution in [1.82, 2.24) is 14.5 Å². The lowest BCUT2D eigenvalue weighted by atomic mass is 10.1. The lowest BCUT2D eigenvalue weighted by Crippen LogP contribution is -2.23. The summed E-state index contributed by atoms with van der Waals surface area (Å²) in [5.74, 6) is 0.415. The highest BCUT2D eigenvalue weighted by molar-refractivity contribution is 7.98. The Kier molecular flexibility index (Phi) is 6.51. The van der Waals surface area contributed by atoms with Crippen LogP contribution in [0.1, 0.15) is 11.4 Å². The van der Waals surface area contributed by atoms with Crippen LogP contribution >= 0.6 is 11.8 Å². The van der Waals surface area contributed by atoms with Crippen LogP contribution in [0.5, 0.6) is 5.75 Å². The Morgan fingerprint density at radius 2 is 1.97 bits per heavy atom. The molecule has 32 heavy (non-hydrogen) atoms. The van der Waals surface area contributed by atoms with Crippen molar-refractivity contribution in [2.24, 2.45) is 0 Å². The van der Waals surface area contributed by atoms with Gasteiger partial charge in [-0.2, -0.15) is 0 Å². The van der Waals surface area contributed by atoms with Gasteiger partial charge < -0.3 is 14.6 Å². The maximum Gasteiger partial charge on any atom is 0.244 e. The van der Waals surface area contributed by atoms with E-state index in [1.807, 2.05) is 55.5 Å². The van der Waals surface area contributed by atoms with Crippen molar-refractivity contribution in [3.63, 3.8) is 0 Å². The van der Waals surface area contributed by atoms with E-state index in [1.54, 1.807) is 17.0 Å². The number of carbonyl (C=O) groups is 1. The molecule has 0 aliphatic rings. The number of aromatic nitrogens is 3. The molecule has 8 heteroatoms. The SMILES string of the molecule is COc1cn(CC(=O)Nc2cccc3ccccc23)c(CSc2nccc(C)n2)cc1=O. The molecule has 4 rings (SSSR count). The number of carbonyl (C=O) groups excluding carboxylic acids is 1. The largest absolute Gasteiger partial charge is 0.491 e. The quantitative estimate of drug-likeness (QED) is 0.341. The first-order valence-corrected chi connectivity index (χ1v) is 11.0. The smallest absolute Gasteiger partial charge is 0.244 e. The highest BCUT2D eigenvalue weighted by Gasteiger charge is 2.13. The van der Waals surface area contributed by atoms with Gasteiger partial charge in [0.05, 0.1) is 13.3 Å². The highest BCUT2D eigenvalue weighted by atomic mass is 32.2. The zero-order valence-electron chi connectivity index (χ0n) is 17.7. The minimum Gasteiger partial charge on any atom is -0.491 e. The molecule has 0 bridgehead atoms. The summed E-state index contributed by atoms with van der Waals surface area (Å²) in [7, 11) is 1.44. The Morgan fingerprint density at radius 3 is 2.78 bits per heavy atom. The first-order chi connectivity index (χ1) is 15.5. The predicted octanol–water partition coefficient (Wildman–Crippen LogP) is 4.04. The number of ether oxygens (including phenoxy) is 1. The van der Waals surface area contributed by atoms with Gasteiger partial charge in [-0.3, -0.25) is 9.59 Å². The van der Waals surface area contributed by atoms with E-state index in [1.165, 1.54) is 24.9 Å². The fourth-order valence-electron chi connectivity index (χ4n) is 3.33. The number of benzene rings is 2. The van der Waals surface area contributed by atoms with Gasteiger partial charge in [0.1, 0.15) is 6.54 Å². The standard InChI is InChI=1S/C24H22N4O3S/c1-16-10-11-25-24(26-16)32-15-18-12-21(29)22(31-2)13-28(18)14-23(30)27-20-9-5-7-17-6-3-4-8-19(17)20/h3-13H,14-15H2,1-2H3,(H,27,30). The van der Waals surface area contributed by atoms with Gasteiger partial charge >= 0.3 is 0 Å². The van der Waals surface area contributed by atoms with Crippen LogP contribution in [0.2, 0.25) is 0 Å². The van der Waals surface area contributed by atoms with Crippen LogP contribution < -0.4 is 15.5 Å². The average molecular weight is 447 g/mol. The van der Waals surface area contributed by atoms with Gasteiger partial charge in [0.25, 0.3) is 0 Å². The van der Waals surface area contributed by atoms with E-state index in [0.29, 0.717) is 16.6 Å². The minimum atomic E-state index is -0.237. The number of nitrogens with one attached hydrogen (secondary N) is 1. The number of rotatable bonds is 7. The van der Waals surface area contributed by atoms with Gasteiger partial charge in [-0.15, -0.1) is 0 Å². The summed E-state index contributed by atoms with van der Waals surface area (Å²) in [6, 6.07) is 17.0. The summed E-state index contributed by atoms with van der Waals surface area (Å²) in [5.41, 5.74) is 2.05. The zero-order valence-corrected chi connectivity index (χ0v) is 18.6. The van der Waals surface area contributed by atoms with E-state index in [4.69, 9.17) is 4.74 Å². The molecule has 0 radical (unpaired) electrons. The maximum absolute atomic E-state index is 12.9. The molecule has 1 amide bonds. The Morgan fingerprint density at radius 1 is 1.16 bits per heavy atom. The monoisotopic (exact) mass is 446 g/mol. The molecule has 0 unspecified atom stereocenters. The molecule has 2 heterocycles. The molecule has 0 aliphatic carbocycles. The second-order valence-corrected chi connectivity index (χ2v) is 8.11. The molecule has 0 saturated heterocycles. The molecule has 0 atom stereocenters. The number of thioether (sulfide) groups is 1. The van der Waals surface area contributed by atoms with E-state index in [2.05, 4.69) is 15.3 Å². The molecule has 1 N–H and O–H groups in total. The lowest BCUT2D eigenvalue weighted by Gasteiger charge is -2.15. The van der Waals surface area contributed by atoms with E-state index >= 15 is 0 Å². The van der Waals surface area contributed by atoms with Gasteiger partial charge in [-0.25, -0.2) is 9.97 Å². The van der Waals surface area contributed by atoms with Crippen LogP contribution in [-0.2, 0) is 17.1 Å². The van der Waals surface area contributed by atoms with Crippen molar-refractivity contribution >= 4 is 34.1 Å². The summed E-state index contributed by atoms with van der Waals surface area (Å²) < 4.78 is 6.91. The van der Waals surface area contributed by atoms with Crippen molar-refractivity contribution in [2.45, 2.75) is 24.4 Å². The molecular formula is C24H22N4O3S. The summed E-state index contributed by atoms with van der Waals surface area (Å²) in [4.78, 5) is 33.9. The van der Waals surface area contributed by atoms with Crippen LogP contribution in [0.4, 0.5) is 5.69 Å². The number of amides is 1. The fraction of sp³-hybridized carbons (Fsp3) is 0.167. The minimum absolute atomic E-state index is 0.0322. The third-order valence-electron chi connectivity index (χ3n) is 4.90. The molecule has 2 aromatic carbocycles. The van der Waals surface area contributed by atoms with Gasteiger partial charge in [0.15, 0.2) is 10.9 Å². The van der Waals surface area contributed by atoms with Crippen LogP contribution in [0.15, 0.2) is 76.9 Å².